The van der Waals surface area contributed by atoms with E-state index in [2.05, 4.69) is 4.72 Å². The lowest BCUT2D eigenvalue weighted by molar-refractivity contribution is 0.278. The van der Waals surface area contributed by atoms with Gasteiger partial charge in [-0.25, -0.2) is 17.5 Å². The molecule has 20 heavy (non-hydrogen) atoms. The zero-order chi connectivity index (χ0) is 14.8. The van der Waals surface area contributed by atoms with Crippen molar-refractivity contribution < 1.29 is 17.9 Å². The van der Waals surface area contributed by atoms with Crippen LogP contribution < -0.4 is 4.72 Å². The fraction of sp³-hybridized carbons (Fsp3) is 0.231. The van der Waals surface area contributed by atoms with Crippen LogP contribution in [0.1, 0.15) is 16.0 Å². The first kappa shape index (κ1) is 15.1. The number of sulfonamides is 1. The molecule has 0 unspecified atom stereocenters. The van der Waals surface area contributed by atoms with Crippen molar-refractivity contribution in [1.82, 2.24) is 4.72 Å². The van der Waals surface area contributed by atoms with Gasteiger partial charge in [-0.3, -0.25) is 0 Å². The second-order valence-electron chi connectivity index (χ2n) is 4.26. The minimum absolute atomic E-state index is 0.146. The van der Waals surface area contributed by atoms with Crippen molar-refractivity contribution in [3.8, 4) is 0 Å². The lowest BCUT2D eigenvalue weighted by atomic mass is 10.2. The standard InChI is InChI=1S/C13H14FNO3S2/c1-9-4-5-19-12(9)7-15-20(17,18)13-6-11(14)3-2-10(13)8-16/h2-6,15-16H,7-8H2,1H3. The topological polar surface area (TPSA) is 66.4 Å². The third kappa shape index (κ3) is 3.24. The zero-order valence-corrected chi connectivity index (χ0v) is 12.4. The molecular weight excluding hydrogens is 301 g/mol. The molecule has 0 saturated heterocycles. The van der Waals surface area contributed by atoms with Crippen molar-refractivity contribution in [3.05, 3.63) is 51.5 Å². The molecule has 0 saturated carbocycles. The summed E-state index contributed by atoms with van der Waals surface area (Å²) in [5.74, 6) is -0.658. The first-order valence-corrected chi connectivity index (χ1v) is 8.22. The SMILES string of the molecule is Cc1ccsc1CNS(=O)(=O)c1cc(F)ccc1CO. The summed E-state index contributed by atoms with van der Waals surface area (Å²) >= 11 is 1.45. The molecular formula is C13H14FNO3S2. The lowest BCUT2D eigenvalue weighted by Crippen LogP contribution is -2.24. The number of benzene rings is 1. The van der Waals surface area contributed by atoms with E-state index in [4.69, 9.17) is 5.11 Å². The third-order valence-electron chi connectivity index (χ3n) is 2.88. The maximum atomic E-state index is 13.2. The van der Waals surface area contributed by atoms with E-state index in [0.29, 0.717) is 0 Å². The molecule has 1 aromatic heterocycles. The molecule has 7 heteroatoms. The highest BCUT2D eigenvalue weighted by molar-refractivity contribution is 7.89. The van der Waals surface area contributed by atoms with E-state index in [9.17, 15) is 12.8 Å². The average molecular weight is 315 g/mol. The Morgan fingerprint density at radius 1 is 1.35 bits per heavy atom. The second kappa shape index (κ2) is 6.01. The van der Waals surface area contributed by atoms with E-state index in [1.807, 2.05) is 18.4 Å². The number of aryl methyl sites for hydroxylation is 1. The molecule has 2 aromatic rings. The van der Waals surface area contributed by atoms with Gasteiger partial charge in [0.2, 0.25) is 10.0 Å². The van der Waals surface area contributed by atoms with Gasteiger partial charge < -0.3 is 5.11 Å². The van der Waals surface area contributed by atoms with Gasteiger partial charge in [0.25, 0.3) is 0 Å². The van der Waals surface area contributed by atoms with Crippen LogP contribution in [0.25, 0.3) is 0 Å². The zero-order valence-electron chi connectivity index (χ0n) is 10.8. The van der Waals surface area contributed by atoms with Crippen LogP contribution in [0.15, 0.2) is 34.5 Å². The fourth-order valence-corrected chi connectivity index (χ4v) is 3.91. The van der Waals surface area contributed by atoms with E-state index >= 15 is 0 Å². The van der Waals surface area contributed by atoms with Crippen molar-refractivity contribution >= 4 is 21.4 Å². The number of rotatable bonds is 5. The predicted octanol–water partition coefficient (Wildman–Crippen LogP) is 2.17. The largest absolute Gasteiger partial charge is 0.392 e. The summed E-state index contributed by atoms with van der Waals surface area (Å²) in [7, 11) is -3.86. The van der Waals surface area contributed by atoms with Crippen LogP contribution in [0, 0.1) is 12.7 Å². The monoisotopic (exact) mass is 315 g/mol. The van der Waals surface area contributed by atoms with Gasteiger partial charge in [0.1, 0.15) is 5.82 Å². The van der Waals surface area contributed by atoms with Crippen LogP contribution in [0.4, 0.5) is 4.39 Å². The van der Waals surface area contributed by atoms with Crippen molar-refractivity contribution in [2.75, 3.05) is 0 Å². The van der Waals surface area contributed by atoms with E-state index in [1.165, 1.54) is 17.4 Å². The number of aliphatic hydroxyl groups is 1. The smallest absolute Gasteiger partial charge is 0.241 e. The average Bonchev–Trinajstić information content (AvgIpc) is 2.82. The number of aliphatic hydroxyl groups excluding tert-OH is 1. The molecule has 1 aromatic carbocycles. The normalized spacial score (nSPS) is 11.8. The van der Waals surface area contributed by atoms with E-state index < -0.39 is 22.4 Å². The Morgan fingerprint density at radius 2 is 2.10 bits per heavy atom. The summed E-state index contributed by atoms with van der Waals surface area (Å²) in [5, 5.41) is 11.0. The van der Waals surface area contributed by atoms with Crippen LogP contribution in [0.3, 0.4) is 0 Å². The Hall–Kier alpha value is -1.28. The number of hydrogen-bond donors (Lipinski definition) is 2. The third-order valence-corrected chi connectivity index (χ3v) is 5.39. The number of hydrogen-bond acceptors (Lipinski definition) is 4. The van der Waals surface area contributed by atoms with E-state index in [0.717, 1.165) is 22.6 Å². The molecule has 4 nitrogen and oxygen atoms in total. The van der Waals surface area contributed by atoms with Crippen molar-refractivity contribution in [3.63, 3.8) is 0 Å². The van der Waals surface area contributed by atoms with E-state index in [1.54, 1.807) is 0 Å². The molecule has 2 N–H and O–H groups in total. The Balaban J connectivity index is 2.26. The molecule has 0 amide bonds. The summed E-state index contributed by atoms with van der Waals surface area (Å²) in [6, 6.07) is 5.19. The maximum Gasteiger partial charge on any atom is 0.241 e. The predicted molar refractivity (Wildman–Crippen MR) is 75.4 cm³/mol. The molecule has 0 bridgehead atoms. The Morgan fingerprint density at radius 3 is 2.70 bits per heavy atom. The molecule has 1 heterocycles. The Labute approximate surface area is 120 Å². The molecule has 108 valence electrons. The highest BCUT2D eigenvalue weighted by Gasteiger charge is 2.19. The molecule has 0 spiro atoms. The summed E-state index contributed by atoms with van der Waals surface area (Å²) < 4.78 is 40.0. The minimum Gasteiger partial charge on any atom is -0.392 e. The fourth-order valence-electron chi connectivity index (χ4n) is 1.73. The maximum absolute atomic E-state index is 13.2. The van der Waals surface area contributed by atoms with Crippen LogP contribution in [-0.2, 0) is 23.2 Å². The number of nitrogens with one attached hydrogen (secondary N) is 1. The quantitative estimate of drug-likeness (QED) is 0.888. The van der Waals surface area contributed by atoms with Gasteiger partial charge in [-0.15, -0.1) is 11.3 Å². The van der Waals surface area contributed by atoms with Gasteiger partial charge >= 0.3 is 0 Å². The van der Waals surface area contributed by atoms with E-state index in [-0.39, 0.29) is 17.0 Å². The first-order chi connectivity index (χ1) is 9.44. The Bertz CT molecular complexity index is 710. The molecule has 0 atom stereocenters. The molecule has 0 fully saturated rings. The number of thiophene rings is 1. The van der Waals surface area contributed by atoms with Crippen molar-refractivity contribution in [2.24, 2.45) is 0 Å². The highest BCUT2D eigenvalue weighted by Crippen LogP contribution is 2.20. The minimum atomic E-state index is -3.86. The summed E-state index contributed by atoms with van der Waals surface area (Å²) in [5.41, 5.74) is 1.17. The van der Waals surface area contributed by atoms with Gasteiger partial charge in [0.15, 0.2) is 0 Å². The Kier molecular flexibility index (Phi) is 4.54. The summed E-state index contributed by atoms with van der Waals surface area (Å²) in [4.78, 5) is 0.671. The highest BCUT2D eigenvalue weighted by atomic mass is 32.2. The second-order valence-corrected chi connectivity index (χ2v) is 7.00. The molecule has 2 rings (SSSR count). The number of halogens is 1. The molecule has 0 aliphatic rings. The molecule has 0 aliphatic heterocycles. The van der Waals surface area contributed by atoms with Gasteiger partial charge in [-0.2, -0.15) is 0 Å². The lowest BCUT2D eigenvalue weighted by Gasteiger charge is -2.10. The molecule has 0 aliphatic carbocycles. The van der Waals surface area contributed by atoms with Gasteiger partial charge in [0.05, 0.1) is 11.5 Å². The van der Waals surface area contributed by atoms with Crippen molar-refractivity contribution in [2.45, 2.75) is 25.0 Å². The summed E-state index contributed by atoms with van der Waals surface area (Å²) in [6.07, 6.45) is 0. The molecule has 0 radical (unpaired) electrons. The van der Waals surface area contributed by atoms with Crippen LogP contribution in [0.2, 0.25) is 0 Å². The first-order valence-electron chi connectivity index (χ1n) is 5.86. The summed E-state index contributed by atoms with van der Waals surface area (Å²) in [6.45, 7) is 1.57. The van der Waals surface area contributed by atoms with Gasteiger partial charge in [0, 0.05) is 11.4 Å². The van der Waals surface area contributed by atoms with Gasteiger partial charge in [-0.1, -0.05) is 6.07 Å². The van der Waals surface area contributed by atoms with Crippen LogP contribution >= 0.6 is 11.3 Å². The van der Waals surface area contributed by atoms with Crippen LogP contribution in [0.5, 0.6) is 0 Å². The van der Waals surface area contributed by atoms with Crippen molar-refractivity contribution in [1.29, 1.82) is 0 Å². The van der Waals surface area contributed by atoms with Gasteiger partial charge in [-0.05, 0) is 41.6 Å². The van der Waals surface area contributed by atoms with Crippen LogP contribution in [-0.4, -0.2) is 13.5 Å².